The summed E-state index contributed by atoms with van der Waals surface area (Å²) in [6, 6.07) is 19.3. The summed E-state index contributed by atoms with van der Waals surface area (Å²) in [5.41, 5.74) is 4.26. The summed E-state index contributed by atoms with van der Waals surface area (Å²) in [5, 5.41) is 9.97. The second-order valence-corrected chi connectivity index (χ2v) is 14.1. The van der Waals surface area contributed by atoms with Gasteiger partial charge < -0.3 is 14.0 Å². The Kier molecular flexibility index (Phi) is 13.5. The minimum Gasteiger partial charge on any atom is -0.316 e. The van der Waals surface area contributed by atoms with Gasteiger partial charge in [-0.05, 0) is 85.9 Å². The number of rotatable bonds is 15. The molecular weight excluding hydrogens is 726 g/mol. The quantitative estimate of drug-likeness (QED) is 0.0614. The molecule has 0 unspecified atom stereocenters. The molecule has 1 aliphatic rings. The van der Waals surface area contributed by atoms with Gasteiger partial charge in [0.25, 0.3) is 5.56 Å². The first-order valence-corrected chi connectivity index (χ1v) is 18.6. The maximum Gasteiger partial charge on any atom is 0.416 e. The van der Waals surface area contributed by atoms with Crippen molar-refractivity contribution in [2.75, 3.05) is 33.2 Å². The third kappa shape index (κ3) is 9.94. The average Bonchev–Trinajstić information content (AvgIpc) is 3.78. The SMILES string of the molecule is CCN(CC)CCN(C)Cc1nnc(Cn2c(SCc3ccc(F)cc3)nc(=O)c3c2CCC3)n1Cc1ccc(-c2ccc(C(F)(F)F)cc2)cc1.Cl. The summed E-state index contributed by atoms with van der Waals surface area (Å²) < 4.78 is 57.2. The summed E-state index contributed by atoms with van der Waals surface area (Å²) in [6.07, 6.45) is -2.06. The van der Waals surface area contributed by atoms with Gasteiger partial charge in [-0.25, -0.2) is 4.39 Å². The van der Waals surface area contributed by atoms with Crippen molar-refractivity contribution in [3.63, 3.8) is 0 Å². The Morgan fingerprint density at radius 2 is 1.42 bits per heavy atom. The molecule has 0 radical (unpaired) electrons. The van der Waals surface area contributed by atoms with Crippen molar-refractivity contribution in [2.45, 2.75) is 69.8 Å². The van der Waals surface area contributed by atoms with Gasteiger partial charge in [0.15, 0.2) is 11.0 Å². The molecule has 5 aromatic rings. The molecule has 1 aliphatic carbocycles. The first kappa shape index (κ1) is 40.2. The molecule has 0 N–H and O–H groups in total. The van der Waals surface area contributed by atoms with Crippen LogP contribution in [0.1, 0.15) is 59.9 Å². The highest BCUT2D eigenvalue weighted by Gasteiger charge is 2.30. The average molecular weight is 770 g/mol. The first-order valence-electron chi connectivity index (χ1n) is 17.6. The zero-order chi connectivity index (χ0) is 36.8. The molecular formula is C39H44ClF4N7OS. The second kappa shape index (κ2) is 17.9. The van der Waals surface area contributed by atoms with Gasteiger partial charge in [0.2, 0.25) is 0 Å². The maximum absolute atomic E-state index is 13.6. The summed E-state index contributed by atoms with van der Waals surface area (Å²) in [7, 11) is 2.07. The molecule has 2 aromatic heterocycles. The maximum atomic E-state index is 13.6. The highest BCUT2D eigenvalue weighted by atomic mass is 35.5. The number of halogens is 5. The predicted octanol–water partition coefficient (Wildman–Crippen LogP) is 7.73. The number of alkyl halides is 3. The molecule has 282 valence electrons. The summed E-state index contributed by atoms with van der Waals surface area (Å²) in [4.78, 5) is 22.2. The van der Waals surface area contributed by atoms with Crippen molar-refractivity contribution in [3.8, 4) is 11.1 Å². The monoisotopic (exact) mass is 769 g/mol. The van der Waals surface area contributed by atoms with E-state index >= 15 is 0 Å². The minimum absolute atomic E-state index is 0. The van der Waals surface area contributed by atoms with Crippen LogP contribution < -0.4 is 5.56 Å². The standard InChI is InChI=1S/C39H43F4N7OS.ClH/c1-4-48(5-2)22-21-47(3)24-35-45-46-36(50(35)23-27-9-13-29(14-10-27)30-15-17-31(18-16-30)39(41,42)43)25-49-34-8-6-7-33(34)37(51)44-38(49)52-26-28-11-19-32(40)20-12-28;/h9-20H,4-8,21-26H2,1-3H3;1H. The smallest absolute Gasteiger partial charge is 0.316 e. The van der Waals surface area contributed by atoms with Gasteiger partial charge in [0.1, 0.15) is 11.6 Å². The third-order valence-corrected chi connectivity index (χ3v) is 10.7. The normalized spacial score (nSPS) is 12.8. The highest BCUT2D eigenvalue weighted by molar-refractivity contribution is 7.98. The van der Waals surface area contributed by atoms with E-state index in [1.165, 1.54) is 36.0 Å². The van der Waals surface area contributed by atoms with Gasteiger partial charge in [0.05, 0.1) is 25.2 Å². The van der Waals surface area contributed by atoms with Gasteiger partial charge in [-0.15, -0.1) is 22.6 Å². The Bertz CT molecular complexity index is 2010. The van der Waals surface area contributed by atoms with Crippen molar-refractivity contribution in [1.82, 2.24) is 34.1 Å². The Hall–Kier alpha value is -4.04. The van der Waals surface area contributed by atoms with Crippen LogP contribution in [-0.2, 0) is 44.4 Å². The van der Waals surface area contributed by atoms with Crippen LogP contribution >= 0.6 is 24.2 Å². The van der Waals surface area contributed by atoms with Gasteiger partial charge in [-0.2, -0.15) is 18.2 Å². The Balaban J connectivity index is 0.00000541. The van der Waals surface area contributed by atoms with Gasteiger partial charge in [-0.1, -0.05) is 74.1 Å². The lowest BCUT2D eigenvalue weighted by Crippen LogP contribution is -2.33. The molecule has 0 atom stereocenters. The molecule has 0 saturated carbocycles. The predicted molar refractivity (Wildman–Crippen MR) is 203 cm³/mol. The number of thioether (sulfide) groups is 1. The lowest BCUT2D eigenvalue weighted by molar-refractivity contribution is -0.137. The van der Waals surface area contributed by atoms with Crippen molar-refractivity contribution < 1.29 is 17.6 Å². The topological polar surface area (TPSA) is 72.1 Å². The van der Waals surface area contributed by atoms with Crippen molar-refractivity contribution in [1.29, 1.82) is 0 Å². The molecule has 2 heterocycles. The molecule has 53 heavy (non-hydrogen) atoms. The first-order chi connectivity index (χ1) is 25.0. The number of hydrogen-bond donors (Lipinski definition) is 0. The fraction of sp³-hybridized carbons (Fsp3) is 0.385. The lowest BCUT2D eigenvalue weighted by atomic mass is 10.0. The fourth-order valence-electron chi connectivity index (χ4n) is 6.53. The third-order valence-electron chi connectivity index (χ3n) is 9.63. The van der Waals surface area contributed by atoms with E-state index in [1.807, 2.05) is 24.3 Å². The number of nitrogens with zero attached hydrogens (tertiary/aromatic N) is 7. The van der Waals surface area contributed by atoms with Crippen molar-refractivity contribution >= 4 is 24.2 Å². The van der Waals surface area contributed by atoms with Crippen LogP contribution in [0.15, 0.2) is 82.7 Å². The van der Waals surface area contributed by atoms with Crippen LogP contribution in [0.3, 0.4) is 0 Å². The van der Waals surface area contributed by atoms with Gasteiger partial charge in [0, 0.05) is 30.1 Å². The zero-order valence-electron chi connectivity index (χ0n) is 30.1. The van der Waals surface area contributed by atoms with Crippen LogP contribution in [0.5, 0.6) is 0 Å². The molecule has 0 amide bonds. The summed E-state index contributed by atoms with van der Waals surface area (Å²) in [6.45, 7) is 9.47. The van der Waals surface area contributed by atoms with E-state index in [9.17, 15) is 22.4 Å². The number of benzene rings is 3. The van der Waals surface area contributed by atoms with Crippen molar-refractivity contribution in [3.05, 3.63) is 129 Å². The number of likely N-dealkylation sites (N-methyl/N-ethyl adjacent to an activating group) is 2. The zero-order valence-corrected chi connectivity index (χ0v) is 31.7. The largest absolute Gasteiger partial charge is 0.416 e. The van der Waals surface area contributed by atoms with E-state index in [-0.39, 0.29) is 23.8 Å². The molecule has 8 nitrogen and oxygen atoms in total. The van der Waals surface area contributed by atoms with E-state index < -0.39 is 11.7 Å². The van der Waals surface area contributed by atoms with Crippen LogP contribution in [0.4, 0.5) is 17.6 Å². The van der Waals surface area contributed by atoms with E-state index in [0.717, 1.165) is 90.7 Å². The van der Waals surface area contributed by atoms with E-state index in [4.69, 9.17) is 5.10 Å². The van der Waals surface area contributed by atoms with Crippen molar-refractivity contribution in [2.24, 2.45) is 0 Å². The van der Waals surface area contributed by atoms with Gasteiger partial charge >= 0.3 is 6.18 Å². The Morgan fingerprint density at radius 1 is 0.792 bits per heavy atom. The Labute approximate surface area is 317 Å². The van der Waals surface area contributed by atoms with Crippen LogP contribution in [0.2, 0.25) is 0 Å². The Morgan fingerprint density at radius 3 is 2.06 bits per heavy atom. The molecule has 0 aliphatic heterocycles. The highest BCUT2D eigenvalue weighted by Crippen LogP contribution is 2.31. The number of fused-ring (bicyclic) bond motifs is 1. The van der Waals surface area contributed by atoms with E-state index in [1.54, 1.807) is 12.1 Å². The fourth-order valence-corrected chi connectivity index (χ4v) is 7.49. The second-order valence-electron chi connectivity index (χ2n) is 13.1. The molecule has 3 aromatic carbocycles. The van der Waals surface area contributed by atoms with E-state index in [2.05, 4.69) is 49.9 Å². The molecule has 0 spiro atoms. The molecule has 0 saturated heterocycles. The van der Waals surface area contributed by atoms with Crippen LogP contribution in [0.25, 0.3) is 11.1 Å². The molecule has 0 bridgehead atoms. The van der Waals surface area contributed by atoms with Gasteiger partial charge in [-0.3, -0.25) is 9.69 Å². The molecule has 0 fully saturated rings. The number of aromatic nitrogens is 5. The van der Waals surface area contributed by atoms with Crippen LogP contribution in [0, 0.1) is 5.82 Å². The van der Waals surface area contributed by atoms with E-state index in [0.29, 0.717) is 42.5 Å². The molecule has 14 heteroatoms. The number of hydrogen-bond acceptors (Lipinski definition) is 7. The van der Waals surface area contributed by atoms with Crippen LogP contribution in [-0.4, -0.2) is 67.3 Å². The lowest BCUT2D eigenvalue weighted by Gasteiger charge is -2.23. The molecule has 6 rings (SSSR count). The summed E-state index contributed by atoms with van der Waals surface area (Å²) >= 11 is 1.44. The minimum atomic E-state index is -4.39. The summed E-state index contributed by atoms with van der Waals surface area (Å²) in [5.74, 6) is 1.74.